The van der Waals surface area contributed by atoms with Crippen molar-refractivity contribution >= 4 is 0 Å². The Bertz CT molecular complexity index is 622. The fourth-order valence-electron chi connectivity index (χ4n) is 2.83. The molecule has 2 atom stereocenters. The number of aromatic amines is 1. The lowest BCUT2D eigenvalue weighted by molar-refractivity contribution is 0.464. The first-order valence-corrected chi connectivity index (χ1v) is 7.00. The smallest absolute Gasteiger partial charge is 0.152 e. The molecule has 0 aromatic carbocycles. The van der Waals surface area contributed by atoms with E-state index in [0.717, 1.165) is 42.0 Å². The maximum Gasteiger partial charge on any atom is 0.152 e. The molecule has 0 spiro atoms. The van der Waals surface area contributed by atoms with Crippen LogP contribution in [0.1, 0.15) is 30.6 Å². The highest BCUT2D eigenvalue weighted by atomic mass is 16.3. The molecule has 2 unspecified atom stereocenters. The summed E-state index contributed by atoms with van der Waals surface area (Å²) < 4.78 is 5.63. The van der Waals surface area contributed by atoms with E-state index in [1.54, 1.807) is 0 Å². The molecule has 0 amide bonds. The van der Waals surface area contributed by atoms with E-state index in [-0.39, 0.29) is 5.92 Å². The summed E-state index contributed by atoms with van der Waals surface area (Å²) in [6.45, 7) is 2.63. The van der Waals surface area contributed by atoms with Crippen molar-refractivity contribution in [3.8, 4) is 17.5 Å². The lowest BCUT2D eigenvalue weighted by Gasteiger charge is -2.15. The summed E-state index contributed by atoms with van der Waals surface area (Å²) in [7, 11) is 0. The van der Waals surface area contributed by atoms with Crippen molar-refractivity contribution in [2.75, 3.05) is 0 Å². The van der Waals surface area contributed by atoms with Gasteiger partial charge >= 0.3 is 0 Å². The zero-order valence-electron chi connectivity index (χ0n) is 11.5. The third kappa shape index (κ3) is 2.47. The van der Waals surface area contributed by atoms with Gasteiger partial charge in [-0.2, -0.15) is 10.4 Å². The monoisotopic (exact) mass is 270 g/mol. The third-order valence-corrected chi connectivity index (χ3v) is 3.94. The second-order valence-corrected chi connectivity index (χ2v) is 5.33. The minimum Gasteiger partial charge on any atom is -0.460 e. The third-order valence-electron chi connectivity index (χ3n) is 3.94. The molecule has 1 aliphatic carbocycles. The fourth-order valence-corrected chi connectivity index (χ4v) is 2.83. The van der Waals surface area contributed by atoms with Gasteiger partial charge in [-0.1, -0.05) is 6.42 Å². The second-order valence-electron chi connectivity index (χ2n) is 5.33. The van der Waals surface area contributed by atoms with E-state index in [2.05, 4.69) is 21.6 Å². The van der Waals surface area contributed by atoms with Gasteiger partial charge in [0, 0.05) is 18.2 Å². The molecule has 0 saturated heterocycles. The van der Waals surface area contributed by atoms with Crippen LogP contribution in [-0.2, 0) is 6.54 Å². The maximum atomic E-state index is 9.11. The van der Waals surface area contributed by atoms with Crippen LogP contribution in [0.15, 0.2) is 22.7 Å². The number of nitrogens with one attached hydrogen (secondary N) is 2. The number of nitriles is 1. The number of aryl methyl sites for hydroxylation is 1. The van der Waals surface area contributed by atoms with Gasteiger partial charge < -0.3 is 9.73 Å². The Labute approximate surface area is 118 Å². The average molecular weight is 270 g/mol. The largest absolute Gasteiger partial charge is 0.460 e. The molecule has 3 rings (SSSR count). The van der Waals surface area contributed by atoms with Crippen LogP contribution in [0.5, 0.6) is 0 Å². The Kier molecular flexibility index (Phi) is 3.57. The van der Waals surface area contributed by atoms with Gasteiger partial charge in [0.2, 0.25) is 0 Å². The van der Waals surface area contributed by atoms with Gasteiger partial charge in [-0.25, -0.2) is 0 Å². The van der Waals surface area contributed by atoms with Gasteiger partial charge in [-0.3, -0.25) is 5.10 Å². The Morgan fingerprint density at radius 1 is 1.50 bits per heavy atom. The minimum absolute atomic E-state index is 0.135. The lowest BCUT2D eigenvalue weighted by atomic mass is 10.1. The molecular weight excluding hydrogens is 252 g/mol. The quantitative estimate of drug-likeness (QED) is 0.895. The van der Waals surface area contributed by atoms with Gasteiger partial charge in [-0.15, -0.1) is 0 Å². The number of aromatic nitrogens is 2. The molecule has 1 fully saturated rings. The van der Waals surface area contributed by atoms with Crippen LogP contribution in [0, 0.1) is 24.2 Å². The van der Waals surface area contributed by atoms with Crippen LogP contribution in [0.25, 0.3) is 11.5 Å². The number of rotatable bonds is 4. The molecule has 5 nitrogen and oxygen atoms in total. The van der Waals surface area contributed by atoms with E-state index < -0.39 is 0 Å². The number of furan rings is 1. The van der Waals surface area contributed by atoms with Crippen LogP contribution in [-0.4, -0.2) is 16.2 Å². The van der Waals surface area contributed by atoms with Gasteiger partial charge in [-0.05, 0) is 31.9 Å². The maximum absolute atomic E-state index is 9.11. The predicted molar refractivity (Wildman–Crippen MR) is 74.6 cm³/mol. The van der Waals surface area contributed by atoms with E-state index >= 15 is 0 Å². The highest BCUT2D eigenvalue weighted by molar-refractivity contribution is 5.56. The molecule has 1 aliphatic rings. The molecular formula is C15H18N4O. The van der Waals surface area contributed by atoms with E-state index in [1.165, 1.54) is 0 Å². The number of hydrogen-bond acceptors (Lipinski definition) is 4. The highest BCUT2D eigenvalue weighted by Crippen LogP contribution is 2.27. The van der Waals surface area contributed by atoms with Crippen molar-refractivity contribution in [3.05, 3.63) is 29.7 Å². The van der Waals surface area contributed by atoms with Crippen molar-refractivity contribution in [1.82, 2.24) is 15.5 Å². The van der Waals surface area contributed by atoms with Crippen LogP contribution in [0.4, 0.5) is 0 Å². The summed E-state index contributed by atoms with van der Waals surface area (Å²) in [6.07, 6.45) is 5.02. The van der Waals surface area contributed by atoms with E-state index in [4.69, 9.17) is 9.68 Å². The first kappa shape index (κ1) is 12.9. The Morgan fingerprint density at radius 2 is 2.40 bits per heavy atom. The van der Waals surface area contributed by atoms with Crippen LogP contribution in [0.2, 0.25) is 0 Å². The molecule has 104 valence electrons. The van der Waals surface area contributed by atoms with Crippen molar-refractivity contribution < 1.29 is 4.42 Å². The van der Waals surface area contributed by atoms with E-state index in [0.29, 0.717) is 12.6 Å². The van der Waals surface area contributed by atoms with Gasteiger partial charge in [0.1, 0.15) is 11.5 Å². The van der Waals surface area contributed by atoms with Crippen LogP contribution >= 0.6 is 0 Å². The Hall–Kier alpha value is -2.06. The molecule has 2 N–H and O–H groups in total. The molecule has 0 radical (unpaired) electrons. The van der Waals surface area contributed by atoms with Gasteiger partial charge in [0.05, 0.1) is 18.2 Å². The number of nitrogens with zero attached hydrogens (tertiary/aromatic N) is 2. The first-order chi connectivity index (χ1) is 9.78. The second kappa shape index (κ2) is 5.51. The van der Waals surface area contributed by atoms with E-state index in [9.17, 15) is 0 Å². The molecule has 0 aliphatic heterocycles. The summed E-state index contributed by atoms with van der Waals surface area (Å²) in [5, 5.41) is 19.7. The van der Waals surface area contributed by atoms with Gasteiger partial charge in [0.25, 0.3) is 0 Å². The Balaban J connectivity index is 1.70. The number of hydrogen-bond donors (Lipinski definition) is 2. The molecule has 0 bridgehead atoms. The summed E-state index contributed by atoms with van der Waals surface area (Å²) in [5.74, 6) is 1.82. The van der Waals surface area contributed by atoms with Crippen LogP contribution < -0.4 is 5.32 Å². The summed E-state index contributed by atoms with van der Waals surface area (Å²) in [6, 6.07) is 6.57. The molecule has 1 saturated carbocycles. The fraction of sp³-hybridized carbons (Fsp3) is 0.467. The minimum atomic E-state index is 0.135. The zero-order valence-corrected chi connectivity index (χ0v) is 11.5. The SMILES string of the molecule is Cc1ccc(-c2[nH]ncc2CNC2CCCC2C#N)o1. The molecule has 2 aromatic heterocycles. The standard InChI is InChI=1S/C15H18N4O/c1-10-5-6-14(20-10)15-12(9-18-19-15)8-17-13-4-2-3-11(13)7-16/h5-6,9,11,13,17H,2-4,8H2,1H3,(H,18,19). The van der Waals surface area contributed by atoms with Crippen molar-refractivity contribution in [3.63, 3.8) is 0 Å². The topological polar surface area (TPSA) is 77.6 Å². The number of H-pyrrole nitrogens is 1. The first-order valence-electron chi connectivity index (χ1n) is 7.00. The van der Waals surface area contributed by atoms with Crippen molar-refractivity contribution in [2.24, 2.45) is 5.92 Å². The summed E-state index contributed by atoms with van der Waals surface area (Å²) in [4.78, 5) is 0. The summed E-state index contributed by atoms with van der Waals surface area (Å²) in [5.41, 5.74) is 1.99. The molecule has 5 heteroatoms. The van der Waals surface area contributed by atoms with E-state index in [1.807, 2.05) is 25.3 Å². The lowest BCUT2D eigenvalue weighted by Crippen LogP contribution is -2.31. The van der Waals surface area contributed by atoms with Crippen LogP contribution in [0.3, 0.4) is 0 Å². The molecule has 2 aromatic rings. The molecule has 2 heterocycles. The summed E-state index contributed by atoms with van der Waals surface area (Å²) >= 11 is 0. The zero-order chi connectivity index (χ0) is 13.9. The highest BCUT2D eigenvalue weighted by Gasteiger charge is 2.26. The normalized spacial score (nSPS) is 22.0. The van der Waals surface area contributed by atoms with Crippen molar-refractivity contribution in [1.29, 1.82) is 5.26 Å². The van der Waals surface area contributed by atoms with Gasteiger partial charge in [0.15, 0.2) is 5.76 Å². The molecule has 20 heavy (non-hydrogen) atoms. The predicted octanol–water partition coefficient (Wildman–Crippen LogP) is 2.76. The average Bonchev–Trinajstić information content (AvgIpc) is 3.15. The Morgan fingerprint density at radius 3 is 3.15 bits per heavy atom. The van der Waals surface area contributed by atoms with Crippen molar-refractivity contribution in [2.45, 2.75) is 38.8 Å².